The third-order valence-corrected chi connectivity index (χ3v) is 4.80. The maximum Gasteiger partial charge on any atom is 0.352 e. The van der Waals surface area contributed by atoms with Gasteiger partial charge in [0.25, 0.3) is 11.5 Å². The molecule has 4 rings (SSSR count). The van der Waals surface area contributed by atoms with Gasteiger partial charge in [0, 0.05) is 13.1 Å². The number of carbonyl (C=O) groups is 1. The van der Waals surface area contributed by atoms with Gasteiger partial charge in [0.05, 0.1) is 25.4 Å². The highest BCUT2D eigenvalue weighted by atomic mass is 19.1. The number of rotatable bonds is 4. The van der Waals surface area contributed by atoms with Gasteiger partial charge in [0.1, 0.15) is 5.82 Å². The number of hydrogen-bond donors (Lipinski definition) is 0. The Kier molecular flexibility index (Phi) is 5.53. The van der Waals surface area contributed by atoms with Crippen molar-refractivity contribution in [3.05, 3.63) is 92.5 Å². The second kappa shape index (κ2) is 8.42. The largest absolute Gasteiger partial charge is 0.378 e. The van der Waals surface area contributed by atoms with Crippen molar-refractivity contribution >= 4 is 5.91 Å². The first kappa shape index (κ1) is 19.7. The van der Waals surface area contributed by atoms with Crippen LogP contribution in [0.25, 0.3) is 5.69 Å². The number of hydrogen-bond acceptors (Lipinski definition) is 5. The standard InChI is InChI=1S/C21H19FN4O4/c22-16-7-4-8-17(13-16)26-21(29)25(14-15-5-2-1-3-6-15)20(28)18(23-26)19(27)24-9-11-30-12-10-24/h1-8,13H,9-12,14H2. The smallest absolute Gasteiger partial charge is 0.352 e. The summed E-state index contributed by atoms with van der Waals surface area (Å²) in [6, 6.07) is 14.2. The molecule has 0 aliphatic carbocycles. The van der Waals surface area contributed by atoms with Crippen LogP contribution in [0, 0.1) is 5.82 Å². The Hall–Kier alpha value is -3.59. The molecule has 30 heavy (non-hydrogen) atoms. The molecule has 1 fully saturated rings. The second-order valence-electron chi connectivity index (χ2n) is 6.80. The molecule has 0 bridgehead atoms. The van der Waals surface area contributed by atoms with E-state index in [1.165, 1.54) is 23.1 Å². The van der Waals surface area contributed by atoms with E-state index < -0.39 is 28.7 Å². The summed E-state index contributed by atoms with van der Waals surface area (Å²) in [4.78, 5) is 40.6. The Morgan fingerprint density at radius 2 is 1.77 bits per heavy atom. The van der Waals surface area contributed by atoms with Crippen LogP contribution in [0.15, 0.2) is 64.2 Å². The number of carbonyl (C=O) groups excluding carboxylic acids is 1. The zero-order valence-corrected chi connectivity index (χ0v) is 16.0. The summed E-state index contributed by atoms with van der Waals surface area (Å²) in [5.41, 5.74) is -1.10. The van der Waals surface area contributed by atoms with E-state index >= 15 is 0 Å². The molecule has 8 nitrogen and oxygen atoms in total. The predicted octanol–water partition coefficient (Wildman–Crippen LogP) is 1.05. The van der Waals surface area contributed by atoms with Gasteiger partial charge < -0.3 is 9.64 Å². The van der Waals surface area contributed by atoms with Crippen molar-refractivity contribution in [2.45, 2.75) is 6.54 Å². The number of ether oxygens (including phenoxy) is 1. The predicted molar refractivity (Wildman–Crippen MR) is 106 cm³/mol. The van der Waals surface area contributed by atoms with Crippen molar-refractivity contribution in [2.24, 2.45) is 0 Å². The van der Waals surface area contributed by atoms with Crippen molar-refractivity contribution in [1.82, 2.24) is 19.2 Å². The van der Waals surface area contributed by atoms with Crippen molar-refractivity contribution in [1.29, 1.82) is 0 Å². The van der Waals surface area contributed by atoms with Crippen LogP contribution in [-0.2, 0) is 11.3 Å². The molecule has 0 saturated carbocycles. The molecular formula is C21H19FN4O4. The van der Waals surface area contributed by atoms with Crippen LogP contribution in [0.3, 0.4) is 0 Å². The van der Waals surface area contributed by atoms with Crippen LogP contribution < -0.4 is 11.2 Å². The Balaban J connectivity index is 1.88. The lowest BCUT2D eigenvalue weighted by atomic mass is 10.2. The van der Waals surface area contributed by atoms with Gasteiger partial charge in [-0.1, -0.05) is 36.4 Å². The third-order valence-electron chi connectivity index (χ3n) is 4.80. The summed E-state index contributed by atoms with van der Waals surface area (Å²) in [5, 5.41) is 4.03. The number of benzene rings is 2. The summed E-state index contributed by atoms with van der Waals surface area (Å²) in [6.45, 7) is 1.30. The zero-order valence-electron chi connectivity index (χ0n) is 16.0. The molecule has 9 heteroatoms. The molecular weight excluding hydrogens is 391 g/mol. The maximum absolute atomic E-state index is 13.8. The molecule has 1 amide bonds. The van der Waals surface area contributed by atoms with E-state index in [0.29, 0.717) is 31.9 Å². The Labute approximate surface area is 170 Å². The molecule has 2 aromatic carbocycles. The first-order valence-electron chi connectivity index (χ1n) is 9.45. The van der Waals surface area contributed by atoms with Gasteiger partial charge in [0.2, 0.25) is 5.69 Å². The highest BCUT2D eigenvalue weighted by Crippen LogP contribution is 2.08. The summed E-state index contributed by atoms with van der Waals surface area (Å²) >= 11 is 0. The molecule has 0 spiro atoms. The average molecular weight is 410 g/mol. The van der Waals surface area contributed by atoms with E-state index in [9.17, 15) is 18.8 Å². The van der Waals surface area contributed by atoms with Crippen LogP contribution in [-0.4, -0.2) is 51.5 Å². The molecule has 1 aliphatic heterocycles. The van der Waals surface area contributed by atoms with Gasteiger partial charge in [-0.2, -0.15) is 9.78 Å². The number of aromatic nitrogens is 3. The van der Waals surface area contributed by atoms with Gasteiger partial charge in [-0.25, -0.2) is 9.18 Å². The lowest BCUT2D eigenvalue weighted by Crippen LogP contribution is -2.48. The quantitative estimate of drug-likeness (QED) is 0.642. The summed E-state index contributed by atoms with van der Waals surface area (Å²) in [6.07, 6.45) is 0. The summed E-state index contributed by atoms with van der Waals surface area (Å²) in [5.74, 6) is -1.15. The number of nitrogens with zero attached hydrogens (tertiary/aromatic N) is 4. The van der Waals surface area contributed by atoms with Gasteiger partial charge >= 0.3 is 5.69 Å². The number of halogens is 1. The molecule has 0 unspecified atom stereocenters. The first-order chi connectivity index (χ1) is 14.5. The van der Waals surface area contributed by atoms with E-state index in [2.05, 4.69) is 5.10 Å². The molecule has 0 radical (unpaired) electrons. The van der Waals surface area contributed by atoms with Gasteiger partial charge in [0.15, 0.2) is 0 Å². The Morgan fingerprint density at radius 1 is 1.03 bits per heavy atom. The van der Waals surface area contributed by atoms with Crippen LogP contribution in [0.4, 0.5) is 4.39 Å². The second-order valence-corrected chi connectivity index (χ2v) is 6.80. The fourth-order valence-electron chi connectivity index (χ4n) is 3.25. The van der Waals surface area contributed by atoms with Crippen LogP contribution in [0.1, 0.15) is 16.1 Å². The Morgan fingerprint density at radius 3 is 2.47 bits per heavy atom. The van der Waals surface area contributed by atoms with Gasteiger partial charge in [-0.05, 0) is 23.8 Å². The van der Waals surface area contributed by atoms with E-state index in [0.717, 1.165) is 15.3 Å². The third kappa shape index (κ3) is 3.92. The van der Waals surface area contributed by atoms with Gasteiger partial charge in [-0.3, -0.25) is 14.2 Å². The lowest BCUT2D eigenvalue weighted by Gasteiger charge is -2.26. The molecule has 2 heterocycles. The molecule has 3 aromatic rings. The van der Waals surface area contributed by atoms with E-state index in [-0.39, 0.29) is 12.2 Å². The molecule has 0 N–H and O–H groups in total. The molecule has 1 saturated heterocycles. The number of morpholine rings is 1. The molecule has 154 valence electrons. The monoisotopic (exact) mass is 410 g/mol. The van der Waals surface area contributed by atoms with Gasteiger partial charge in [-0.15, -0.1) is 0 Å². The molecule has 1 aromatic heterocycles. The molecule has 1 aliphatic rings. The first-order valence-corrected chi connectivity index (χ1v) is 9.45. The van der Waals surface area contributed by atoms with E-state index in [1.54, 1.807) is 24.3 Å². The summed E-state index contributed by atoms with van der Waals surface area (Å²) < 4.78 is 20.8. The molecule has 0 atom stereocenters. The number of amides is 1. The van der Waals surface area contributed by atoms with Crippen LogP contribution in [0.2, 0.25) is 0 Å². The SMILES string of the molecule is O=C(c1nn(-c2cccc(F)c2)c(=O)n(Cc2ccccc2)c1=O)N1CCOCC1. The Bertz CT molecular complexity index is 1180. The average Bonchev–Trinajstić information content (AvgIpc) is 2.78. The lowest BCUT2D eigenvalue weighted by molar-refractivity contribution is 0.0295. The normalized spacial score (nSPS) is 14.0. The summed E-state index contributed by atoms with van der Waals surface area (Å²) in [7, 11) is 0. The minimum atomic E-state index is -0.784. The van der Waals surface area contributed by atoms with E-state index in [1.807, 2.05) is 6.07 Å². The van der Waals surface area contributed by atoms with E-state index in [4.69, 9.17) is 4.74 Å². The minimum Gasteiger partial charge on any atom is -0.378 e. The van der Waals surface area contributed by atoms with Crippen LogP contribution in [0.5, 0.6) is 0 Å². The highest BCUT2D eigenvalue weighted by molar-refractivity contribution is 5.91. The maximum atomic E-state index is 13.8. The van der Waals surface area contributed by atoms with Crippen molar-refractivity contribution < 1.29 is 13.9 Å². The van der Waals surface area contributed by atoms with Crippen molar-refractivity contribution in [3.63, 3.8) is 0 Å². The fraction of sp³-hybridized carbons (Fsp3) is 0.238. The zero-order chi connectivity index (χ0) is 21.1. The topological polar surface area (TPSA) is 86.4 Å². The van der Waals surface area contributed by atoms with Crippen LogP contribution >= 0.6 is 0 Å². The van der Waals surface area contributed by atoms with Crippen molar-refractivity contribution in [2.75, 3.05) is 26.3 Å². The minimum absolute atomic E-state index is 0.0419. The highest BCUT2D eigenvalue weighted by Gasteiger charge is 2.26. The fourth-order valence-corrected chi connectivity index (χ4v) is 3.25. The van der Waals surface area contributed by atoms with Crippen molar-refractivity contribution in [3.8, 4) is 5.69 Å².